The van der Waals surface area contributed by atoms with E-state index in [1.54, 1.807) is 6.07 Å². The Morgan fingerprint density at radius 2 is 1.32 bits per heavy atom. The Hall–Kier alpha value is -4.00. The van der Waals surface area contributed by atoms with Crippen molar-refractivity contribution in [1.82, 2.24) is 5.32 Å². The summed E-state index contributed by atoms with van der Waals surface area (Å²) in [6.07, 6.45) is 2.90. The van der Waals surface area contributed by atoms with E-state index in [0.29, 0.717) is 49.1 Å². The summed E-state index contributed by atoms with van der Waals surface area (Å²) >= 11 is 0. The summed E-state index contributed by atoms with van der Waals surface area (Å²) in [6.45, 7) is 24.8. The molecule has 1 fully saturated rings. The number of alkyl carbamates (subject to hydrolysis) is 1. The third-order valence-corrected chi connectivity index (χ3v) is 11.2. The molecule has 7 nitrogen and oxygen atoms in total. The number of hydrogen-bond acceptors (Lipinski definition) is 5. The molecular weight excluding hydrogens is 661 g/mol. The average molecular weight is 727 g/mol. The van der Waals surface area contributed by atoms with E-state index >= 15 is 0 Å². The molecule has 2 atom stereocenters. The van der Waals surface area contributed by atoms with Crippen LogP contribution in [0.3, 0.4) is 0 Å². The minimum Gasteiger partial charge on any atom is -0.508 e. The molecule has 2 unspecified atom stereocenters. The van der Waals surface area contributed by atoms with Crippen molar-refractivity contribution < 1.29 is 24.2 Å². The van der Waals surface area contributed by atoms with E-state index in [2.05, 4.69) is 106 Å². The largest absolute Gasteiger partial charge is 0.508 e. The SMILES string of the molecule is CC(C)CCOC(=O)NCC1(C)CC(N(C(=O)OCCC(C)C)c2c(C(C)(C)c3ccccc3)ccc(O)c2C(C)(C)c2ccccc2)CC(C)(C)C1. The molecule has 3 aromatic rings. The zero-order valence-electron chi connectivity index (χ0n) is 34.3. The van der Waals surface area contributed by atoms with E-state index in [9.17, 15) is 14.7 Å². The van der Waals surface area contributed by atoms with Gasteiger partial charge in [0, 0.05) is 29.0 Å². The van der Waals surface area contributed by atoms with Crippen LogP contribution >= 0.6 is 0 Å². The summed E-state index contributed by atoms with van der Waals surface area (Å²) in [6, 6.07) is 24.0. The number of anilines is 1. The molecule has 2 N–H and O–H groups in total. The van der Waals surface area contributed by atoms with Gasteiger partial charge in [-0.2, -0.15) is 0 Å². The maximum atomic E-state index is 15.0. The smallest absolute Gasteiger partial charge is 0.414 e. The lowest BCUT2D eigenvalue weighted by Gasteiger charge is -2.50. The van der Waals surface area contributed by atoms with Crippen LogP contribution < -0.4 is 10.2 Å². The first-order valence-electron chi connectivity index (χ1n) is 19.6. The van der Waals surface area contributed by atoms with Gasteiger partial charge < -0.3 is 19.9 Å². The number of carbonyl (C=O) groups excluding carboxylic acids is 2. The molecule has 53 heavy (non-hydrogen) atoms. The van der Waals surface area contributed by atoms with Crippen molar-refractivity contribution in [2.45, 2.75) is 125 Å². The van der Waals surface area contributed by atoms with Crippen LogP contribution in [0.5, 0.6) is 5.75 Å². The number of ether oxygens (including phenoxy) is 2. The Balaban J connectivity index is 1.94. The summed E-state index contributed by atoms with van der Waals surface area (Å²) in [5.74, 6) is 0.933. The van der Waals surface area contributed by atoms with Crippen molar-refractivity contribution in [1.29, 1.82) is 0 Å². The number of carbonyl (C=O) groups is 2. The molecule has 0 heterocycles. The number of hydrogen-bond donors (Lipinski definition) is 2. The monoisotopic (exact) mass is 726 g/mol. The molecular formula is C46H66N2O5. The number of amides is 2. The van der Waals surface area contributed by atoms with Gasteiger partial charge in [0.2, 0.25) is 0 Å². The Morgan fingerprint density at radius 1 is 0.792 bits per heavy atom. The summed E-state index contributed by atoms with van der Waals surface area (Å²) < 4.78 is 11.8. The summed E-state index contributed by atoms with van der Waals surface area (Å²) in [4.78, 5) is 29.7. The lowest BCUT2D eigenvalue weighted by Crippen LogP contribution is -2.53. The van der Waals surface area contributed by atoms with Crippen molar-refractivity contribution in [2.24, 2.45) is 22.7 Å². The highest BCUT2D eigenvalue weighted by atomic mass is 16.6. The van der Waals surface area contributed by atoms with E-state index in [0.717, 1.165) is 36.0 Å². The lowest BCUT2D eigenvalue weighted by molar-refractivity contribution is 0.0708. The highest BCUT2D eigenvalue weighted by Gasteiger charge is 2.48. The molecule has 0 spiro atoms. The van der Waals surface area contributed by atoms with Gasteiger partial charge in [0.15, 0.2) is 0 Å². The molecule has 0 saturated heterocycles. The van der Waals surface area contributed by atoms with Gasteiger partial charge in [-0.15, -0.1) is 0 Å². The first kappa shape index (κ1) is 41.8. The normalized spacial score (nSPS) is 18.8. The lowest BCUT2D eigenvalue weighted by atomic mass is 9.62. The predicted molar refractivity (Wildman–Crippen MR) is 217 cm³/mol. The van der Waals surface area contributed by atoms with Gasteiger partial charge in [0.05, 0.1) is 18.9 Å². The minimum atomic E-state index is -0.700. The van der Waals surface area contributed by atoms with Gasteiger partial charge in [-0.1, -0.05) is 143 Å². The Labute approximate surface area is 319 Å². The second kappa shape index (κ2) is 17.0. The fourth-order valence-electron chi connectivity index (χ4n) is 8.45. The summed E-state index contributed by atoms with van der Waals surface area (Å²) in [5, 5.41) is 15.1. The van der Waals surface area contributed by atoms with Crippen LogP contribution in [0.25, 0.3) is 0 Å². The Kier molecular flexibility index (Phi) is 13.4. The van der Waals surface area contributed by atoms with E-state index < -0.39 is 23.0 Å². The van der Waals surface area contributed by atoms with Crippen LogP contribution in [0.1, 0.15) is 131 Å². The number of nitrogens with one attached hydrogen (secondary N) is 1. The molecule has 7 heteroatoms. The van der Waals surface area contributed by atoms with Crippen LogP contribution in [0, 0.1) is 22.7 Å². The summed E-state index contributed by atoms with van der Waals surface area (Å²) in [5.41, 5.74) is 2.62. The highest BCUT2D eigenvalue weighted by Crippen LogP contribution is 2.53. The van der Waals surface area contributed by atoms with Crippen LogP contribution in [0.2, 0.25) is 0 Å². The van der Waals surface area contributed by atoms with E-state index in [-0.39, 0.29) is 29.2 Å². The average Bonchev–Trinajstić information content (AvgIpc) is 3.07. The van der Waals surface area contributed by atoms with Gasteiger partial charge in [0.1, 0.15) is 5.75 Å². The highest BCUT2D eigenvalue weighted by molar-refractivity contribution is 5.92. The second-order valence-corrected chi connectivity index (χ2v) is 18.4. The van der Waals surface area contributed by atoms with Gasteiger partial charge in [0.25, 0.3) is 0 Å². The van der Waals surface area contributed by atoms with Crippen LogP contribution in [0.4, 0.5) is 15.3 Å². The molecule has 0 bridgehead atoms. The first-order valence-corrected chi connectivity index (χ1v) is 19.6. The third-order valence-electron chi connectivity index (χ3n) is 11.2. The van der Waals surface area contributed by atoms with Crippen molar-refractivity contribution in [3.05, 3.63) is 95.1 Å². The third kappa shape index (κ3) is 10.4. The quantitative estimate of drug-likeness (QED) is 0.173. The summed E-state index contributed by atoms with van der Waals surface area (Å²) in [7, 11) is 0. The molecule has 4 rings (SSSR count). The van der Waals surface area contributed by atoms with Crippen LogP contribution in [-0.2, 0) is 20.3 Å². The molecule has 3 aromatic carbocycles. The topological polar surface area (TPSA) is 88.1 Å². The van der Waals surface area contributed by atoms with Gasteiger partial charge >= 0.3 is 12.2 Å². The predicted octanol–water partition coefficient (Wildman–Crippen LogP) is 11.4. The molecule has 1 saturated carbocycles. The minimum absolute atomic E-state index is 0.130. The number of rotatable bonds is 14. The number of nitrogens with zero attached hydrogens (tertiary/aromatic N) is 1. The molecule has 290 valence electrons. The van der Waals surface area contributed by atoms with E-state index in [4.69, 9.17) is 9.47 Å². The number of phenolic OH excluding ortho intramolecular Hbond substituents is 1. The van der Waals surface area contributed by atoms with E-state index in [1.807, 2.05) is 47.4 Å². The Morgan fingerprint density at radius 3 is 1.87 bits per heavy atom. The standard InChI is InChI=1S/C46H66N2O5/c1-32(2)24-26-52-41(50)47-31-46(11)29-36(28-43(5,6)30-46)48(42(51)53-27-25-33(3)4)40-37(44(7,8)34-18-14-12-15-19-34)22-23-38(49)39(40)45(9,10)35-20-16-13-17-21-35/h12-23,32-33,36,49H,24-31H2,1-11H3,(H,47,50). The Bertz CT molecular complexity index is 1660. The molecule has 0 radical (unpaired) electrons. The van der Waals surface area contributed by atoms with Crippen molar-refractivity contribution in [3.8, 4) is 5.75 Å². The maximum absolute atomic E-state index is 15.0. The molecule has 1 aliphatic carbocycles. The molecule has 0 aromatic heterocycles. The van der Waals surface area contributed by atoms with Gasteiger partial charge in [-0.05, 0) is 77.5 Å². The van der Waals surface area contributed by atoms with Crippen LogP contribution in [0.15, 0.2) is 72.8 Å². The number of phenols is 1. The van der Waals surface area contributed by atoms with Crippen molar-refractivity contribution >= 4 is 17.9 Å². The fraction of sp³-hybridized carbons (Fsp3) is 0.565. The second-order valence-electron chi connectivity index (χ2n) is 18.4. The van der Waals surface area contributed by atoms with Crippen molar-refractivity contribution in [2.75, 3.05) is 24.7 Å². The fourth-order valence-corrected chi connectivity index (χ4v) is 8.45. The maximum Gasteiger partial charge on any atom is 0.414 e. The molecule has 2 amide bonds. The number of aromatic hydroxyl groups is 1. The van der Waals surface area contributed by atoms with Gasteiger partial charge in [-0.3, -0.25) is 4.90 Å². The van der Waals surface area contributed by atoms with E-state index in [1.165, 1.54) is 0 Å². The first-order chi connectivity index (χ1) is 24.8. The number of benzene rings is 3. The van der Waals surface area contributed by atoms with Gasteiger partial charge in [-0.25, -0.2) is 9.59 Å². The van der Waals surface area contributed by atoms with Crippen molar-refractivity contribution in [3.63, 3.8) is 0 Å². The zero-order valence-corrected chi connectivity index (χ0v) is 34.3. The zero-order chi connectivity index (χ0) is 39.2. The van der Waals surface area contributed by atoms with Crippen LogP contribution in [-0.4, -0.2) is 43.1 Å². The molecule has 1 aliphatic rings. The molecule has 0 aliphatic heterocycles.